The van der Waals surface area contributed by atoms with Gasteiger partial charge in [0.1, 0.15) is 12.6 Å². The minimum Gasteiger partial charge on any atom is -0.350 e. The van der Waals surface area contributed by atoms with Gasteiger partial charge < -0.3 is 10.2 Å². The average Bonchev–Trinajstić information content (AvgIpc) is 2.86. The lowest BCUT2D eigenvalue weighted by Crippen LogP contribution is -2.54. The van der Waals surface area contributed by atoms with Crippen LogP contribution in [0.2, 0.25) is 15.1 Å². The van der Waals surface area contributed by atoms with Crippen LogP contribution in [0.25, 0.3) is 0 Å². The number of halogens is 3. The van der Waals surface area contributed by atoms with E-state index in [9.17, 15) is 18.0 Å². The molecule has 0 aliphatic rings. The van der Waals surface area contributed by atoms with Crippen LogP contribution in [0.5, 0.6) is 0 Å². The van der Waals surface area contributed by atoms with Crippen LogP contribution in [-0.2, 0) is 26.2 Å². The zero-order chi connectivity index (χ0) is 29.8. The zero-order valence-electron chi connectivity index (χ0n) is 22.9. The van der Waals surface area contributed by atoms with Crippen molar-refractivity contribution in [3.05, 3.63) is 92.9 Å². The van der Waals surface area contributed by atoms with Gasteiger partial charge >= 0.3 is 0 Å². The summed E-state index contributed by atoms with van der Waals surface area (Å²) in [5.41, 5.74) is 1.16. The molecular formula is C29H32Cl3N3O4S. The van der Waals surface area contributed by atoms with Gasteiger partial charge in [-0.1, -0.05) is 64.6 Å². The highest BCUT2D eigenvalue weighted by molar-refractivity contribution is 7.92. The average molecular weight is 625 g/mol. The SMILES string of the molecule is Cc1ccc(S(=O)(=O)N(CC(=O)N(Cc2ccc(Cl)c(Cl)c2)C(C)C(=O)NC(C)(C)C)c2cccc(Cl)c2)cc1. The maximum absolute atomic E-state index is 14.0. The molecule has 0 heterocycles. The van der Waals surface area contributed by atoms with E-state index < -0.39 is 40.0 Å². The lowest BCUT2D eigenvalue weighted by molar-refractivity contribution is -0.140. The Bertz CT molecular complexity index is 1490. The third kappa shape index (κ3) is 8.13. The number of sulfonamides is 1. The number of anilines is 1. The van der Waals surface area contributed by atoms with E-state index in [2.05, 4.69) is 5.32 Å². The Hall–Kier alpha value is -2.78. The quantitative estimate of drug-likeness (QED) is 0.295. The maximum Gasteiger partial charge on any atom is 0.264 e. The molecule has 214 valence electrons. The Morgan fingerprint density at radius 2 is 1.57 bits per heavy atom. The number of hydrogen-bond donors (Lipinski definition) is 1. The number of aryl methyl sites for hydroxylation is 1. The van der Waals surface area contributed by atoms with Gasteiger partial charge in [-0.05, 0) is 82.6 Å². The molecule has 1 atom stereocenters. The number of nitrogens with one attached hydrogen (secondary N) is 1. The number of benzene rings is 3. The maximum atomic E-state index is 14.0. The van der Waals surface area contributed by atoms with Crippen LogP contribution in [0.1, 0.15) is 38.8 Å². The summed E-state index contributed by atoms with van der Waals surface area (Å²) in [4.78, 5) is 28.5. The van der Waals surface area contributed by atoms with Crippen molar-refractivity contribution in [2.45, 2.75) is 57.6 Å². The lowest BCUT2D eigenvalue weighted by atomic mass is 10.1. The Balaban J connectivity index is 2.05. The van der Waals surface area contributed by atoms with Crippen molar-refractivity contribution < 1.29 is 18.0 Å². The fraction of sp³-hybridized carbons (Fsp3) is 0.310. The second-order valence-corrected chi connectivity index (χ2v) is 13.6. The molecule has 0 saturated carbocycles. The van der Waals surface area contributed by atoms with E-state index in [4.69, 9.17) is 34.8 Å². The molecule has 0 bridgehead atoms. The van der Waals surface area contributed by atoms with E-state index in [0.29, 0.717) is 20.6 Å². The lowest BCUT2D eigenvalue weighted by Gasteiger charge is -2.33. The van der Waals surface area contributed by atoms with E-state index in [-0.39, 0.29) is 17.1 Å². The minimum atomic E-state index is -4.19. The van der Waals surface area contributed by atoms with Crippen LogP contribution < -0.4 is 9.62 Å². The molecule has 0 spiro atoms. The van der Waals surface area contributed by atoms with Gasteiger partial charge in [-0.3, -0.25) is 13.9 Å². The first-order valence-electron chi connectivity index (χ1n) is 12.5. The molecule has 0 radical (unpaired) electrons. The van der Waals surface area contributed by atoms with E-state index in [1.807, 2.05) is 27.7 Å². The van der Waals surface area contributed by atoms with E-state index in [1.54, 1.807) is 55.5 Å². The smallest absolute Gasteiger partial charge is 0.264 e. The molecule has 3 rings (SSSR count). The van der Waals surface area contributed by atoms with Gasteiger partial charge in [-0.25, -0.2) is 8.42 Å². The summed E-state index contributed by atoms with van der Waals surface area (Å²) in [7, 11) is -4.19. The van der Waals surface area contributed by atoms with Gasteiger partial charge in [-0.2, -0.15) is 0 Å². The van der Waals surface area contributed by atoms with Crippen molar-refractivity contribution in [2.75, 3.05) is 10.8 Å². The van der Waals surface area contributed by atoms with Gasteiger partial charge in [0.25, 0.3) is 10.0 Å². The number of carbonyl (C=O) groups excluding carboxylic acids is 2. The summed E-state index contributed by atoms with van der Waals surface area (Å²) in [6.07, 6.45) is 0. The Kier molecular flexibility index (Phi) is 10.2. The van der Waals surface area contributed by atoms with E-state index in [0.717, 1.165) is 9.87 Å². The molecule has 1 N–H and O–H groups in total. The second kappa shape index (κ2) is 12.8. The number of hydrogen-bond acceptors (Lipinski definition) is 4. The Labute approximate surface area is 251 Å². The van der Waals surface area contributed by atoms with Crippen LogP contribution in [0.15, 0.2) is 71.6 Å². The van der Waals surface area contributed by atoms with Crippen molar-refractivity contribution in [2.24, 2.45) is 0 Å². The highest BCUT2D eigenvalue weighted by atomic mass is 35.5. The molecule has 7 nitrogen and oxygen atoms in total. The summed E-state index contributed by atoms with van der Waals surface area (Å²) >= 11 is 18.5. The summed E-state index contributed by atoms with van der Waals surface area (Å²) in [5, 5.41) is 3.83. The minimum absolute atomic E-state index is 0.0115. The molecule has 0 aliphatic heterocycles. The van der Waals surface area contributed by atoms with Gasteiger partial charge in [-0.15, -0.1) is 0 Å². The van der Waals surface area contributed by atoms with E-state index >= 15 is 0 Å². The summed E-state index contributed by atoms with van der Waals surface area (Å²) in [6.45, 7) is 8.34. The molecule has 3 aromatic carbocycles. The molecule has 0 aliphatic carbocycles. The molecule has 40 heavy (non-hydrogen) atoms. The third-order valence-electron chi connectivity index (χ3n) is 5.99. The molecular weight excluding hydrogens is 593 g/mol. The van der Waals surface area contributed by atoms with Crippen LogP contribution in [0.3, 0.4) is 0 Å². The molecule has 3 aromatic rings. The topological polar surface area (TPSA) is 86.8 Å². The standard InChI is InChI=1S/C29H32Cl3N3O4S/c1-19-9-12-24(13-10-19)40(38,39)35(23-8-6-7-22(30)16-23)18-27(36)34(20(2)28(37)33-29(3,4)5)17-21-11-14-25(31)26(32)15-21/h6-16,20H,17-18H2,1-5H3,(H,33,37). The largest absolute Gasteiger partial charge is 0.350 e. The van der Waals surface area contributed by atoms with Crippen molar-refractivity contribution >= 4 is 62.3 Å². The predicted octanol–water partition coefficient (Wildman–Crippen LogP) is 6.48. The first-order chi connectivity index (χ1) is 18.6. The molecule has 2 amide bonds. The Morgan fingerprint density at radius 3 is 2.15 bits per heavy atom. The number of nitrogens with zero attached hydrogens (tertiary/aromatic N) is 2. The van der Waals surface area contributed by atoms with Crippen molar-refractivity contribution in [1.29, 1.82) is 0 Å². The van der Waals surface area contributed by atoms with Crippen LogP contribution >= 0.6 is 34.8 Å². The number of carbonyl (C=O) groups is 2. The van der Waals surface area contributed by atoms with Gasteiger partial charge in [0.15, 0.2) is 0 Å². The molecule has 1 unspecified atom stereocenters. The third-order valence-corrected chi connectivity index (χ3v) is 8.75. The van der Waals surface area contributed by atoms with Crippen LogP contribution in [-0.4, -0.2) is 43.3 Å². The van der Waals surface area contributed by atoms with E-state index in [1.165, 1.54) is 23.1 Å². The van der Waals surface area contributed by atoms with Crippen LogP contribution in [0, 0.1) is 6.92 Å². The number of rotatable bonds is 9. The fourth-order valence-corrected chi connectivity index (χ4v) is 5.80. The fourth-order valence-electron chi connectivity index (χ4n) is 3.89. The van der Waals surface area contributed by atoms with Gasteiger partial charge in [0.05, 0.1) is 20.6 Å². The molecule has 0 fully saturated rings. The summed E-state index contributed by atoms with van der Waals surface area (Å²) in [5.74, 6) is -0.991. The Morgan fingerprint density at radius 1 is 0.925 bits per heavy atom. The normalized spacial score (nSPS) is 12.5. The highest BCUT2D eigenvalue weighted by Crippen LogP contribution is 2.28. The first kappa shape index (κ1) is 31.7. The van der Waals surface area contributed by atoms with Gasteiger partial charge in [0.2, 0.25) is 11.8 Å². The van der Waals surface area contributed by atoms with Crippen molar-refractivity contribution in [3.63, 3.8) is 0 Å². The van der Waals surface area contributed by atoms with Crippen LogP contribution in [0.4, 0.5) is 5.69 Å². The second-order valence-electron chi connectivity index (χ2n) is 10.5. The molecule has 0 saturated heterocycles. The van der Waals surface area contributed by atoms with Crippen molar-refractivity contribution in [1.82, 2.24) is 10.2 Å². The monoisotopic (exact) mass is 623 g/mol. The molecule has 0 aromatic heterocycles. The summed E-state index contributed by atoms with van der Waals surface area (Å²) < 4.78 is 28.7. The van der Waals surface area contributed by atoms with Crippen molar-refractivity contribution in [3.8, 4) is 0 Å². The first-order valence-corrected chi connectivity index (χ1v) is 15.1. The highest BCUT2D eigenvalue weighted by Gasteiger charge is 2.33. The summed E-state index contributed by atoms with van der Waals surface area (Å²) in [6, 6.07) is 16.5. The predicted molar refractivity (Wildman–Crippen MR) is 162 cm³/mol. The molecule has 11 heteroatoms. The zero-order valence-corrected chi connectivity index (χ0v) is 26.0. The number of amides is 2. The van der Waals surface area contributed by atoms with Gasteiger partial charge in [0, 0.05) is 17.1 Å².